The van der Waals surface area contributed by atoms with E-state index in [-0.39, 0.29) is 18.1 Å². The highest BCUT2D eigenvalue weighted by Gasteiger charge is 2.34. The number of allylic oxidation sites excluding steroid dienone is 3. The van der Waals surface area contributed by atoms with E-state index >= 15 is 0 Å². The molecule has 0 saturated heterocycles. The largest absolute Gasteiger partial charge is 0.481 e. The van der Waals surface area contributed by atoms with Crippen LogP contribution in [0.1, 0.15) is 12.0 Å². The minimum absolute atomic E-state index is 0.0290. The number of hydrogen-bond donors (Lipinski definition) is 1. The van der Waals surface area contributed by atoms with E-state index in [2.05, 4.69) is 0 Å². The molecule has 19 heavy (non-hydrogen) atoms. The standard InChI is InChI=1S/C15H12O4/c16-12-6-5-10(8-14(17)18)15-11(12)7-9-3-1-2-4-13(9)19-15/h1-6,11H,7-8H2,(H,17,18). The lowest BCUT2D eigenvalue weighted by Gasteiger charge is -2.29. The second kappa shape index (κ2) is 4.39. The number of carboxylic acids is 1. The fourth-order valence-corrected chi connectivity index (χ4v) is 2.48. The summed E-state index contributed by atoms with van der Waals surface area (Å²) in [5.41, 5.74) is 1.56. The quantitative estimate of drug-likeness (QED) is 0.880. The number of carbonyl (C=O) groups excluding carboxylic acids is 1. The highest BCUT2D eigenvalue weighted by atomic mass is 16.5. The number of carboxylic acid groups (broad SMARTS) is 1. The van der Waals surface area contributed by atoms with Gasteiger partial charge in [-0.3, -0.25) is 9.59 Å². The molecule has 1 N–H and O–H groups in total. The molecule has 1 aromatic rings. The van der Waals surface area contributed by atoms with Gasteiger partial charge in [-0.05, 0) is 24.1 Å². The van der Waals surface area contributed by atoms with Gasteiger partial charge in [-0.1, -0.05) is 24.3 Å². The molecule has 1 atom stereocenters. The summed E-state index contributed by atoms with van der Waals surface area (Å²) in [5.74, 6) is -0.135. The molecule has 4 heteroatoms. The minimum atomic E-state index is -0.928. The van der Waals surface area contributed by atoms with Crippen molar-refractivity contribution in [3.8, 4) is 5.75 Å². The Hall–Kier alpha value is -2.36. The number of aliphatic carboxylic acids is 1. The number of benzene rings is 1. The van der Waals surface area contributed by atoms with Crippen molar-refractivity contribution in [1.29, 1.82) is 0 Å². The van der Waals surface area contributed by atoms with E-state index in [4.69, 9.17) is 9.84 Å². The Morgan fingerprint density at radius 3 is 2.89 bits per heavy atom. The van der Waals surface area contributed by atoms with E-state index in [1.54, 1.807) is 6.08 Å². The molecule has 1 aromatic carbocycles. The number of hydrogen-bond acceptors (Lipinski definition) is 3. The van der Waals surface area contributed by atoms with E-state index in [0.717, 1.165) is 5.56 Å². The summed E-state index contributed by atoms with van der Waals surface area (Å²) >= 11 is 0. The molecule has 1 unspecified atom stereocenters. The lowest BCUT2D eigenvalue weighted by atomic mass is 9.84. The number of rotatable bonds is 2. The van der Waals surface area contributed by atoms with Gasteiger partial charge in [0.15, 0.2) is 5.78 Å². The zero-order chi connectivity index (χ0) is 13.4. The molecule has 0 fully saturated rings. The Labute approximate surface area is 110 Å². The van der Waals surface area contributed by atoms with Crippen LogP contribution in [0.3, 0.4) is 0 Å². The normalized spacial score (nSPS) is 20.6. The van der Waals surface area contributed by atoms with Crippen molar-refractivity contribution in [3.63, 3.8) is 0 Å². The molecule has 0 radical (unpaired) electrons. The molecule has 1 aliphatic carbocycles. The first-order chi connectivity index (χ1) is 9.15. The molecule has 3 rings (SSSR count). The third-order valence-electron chi connectivity index (χ3n) is 3.38. The Morgan fingerprint density at radius 2 is 2.11 bits per heavy atom. The molecule has 96 valence electrons. The number of carbonyl (C=O) groups is 2. The van der Waals surface area contributed by atoms with Gasteiger partial charge in [-0.25, -0.2) is 0 Å². The fourth-order valence-electron chi connectivity index (χ4n) is 2.48. The lowest BCUT2D eigenvalue weighted by molar-refractivity contribution is -0.136. The maximum absolute atomic E-state index is 11.9. The number of fused-ring (bicyclic) bond motifs is 2. The van der Waals surface area contributed by atoms with Crippen LogP contribution in [-0.2, 0) is 16.0 Å². The summed E-state index contributed by atoms with van der Waals surface area (Å²) in [6, 6.07) is 7.52. The van der Waals surface area contributed by atoms with Crippen molar-refractivity contribution in [2.24, 2.45) is 5.92 Å². The van der Waals surface area contributed by atoms with Crippen LogP contribution in [0.4, 0.5) is 0 Å². The van der Waals surface area contributed by atoms with E-state index in [1.807, 2.05) is 24.3 Å². The molecule has 4 nitrogen and oxygen atoms in total. The van der Waals surface area contributed by atoms with Gasteiger partial charge < -0.3 is 9.84 Å². The van der Waals surface area contributed by atoms with Crippen molar-refractivity contribution in [1.82, 2.24) is 0 Å². The van der Waals surface area contributed by atoms with Gasteiger partial charge in [0, 0.05) is 5.57 Å². The maximum atomic E-state index is 11.9. The Bertz CT molecular complexity index is 625. The van der Waals surface area contributed by atoms with E-state index < -0.39 is 5.97 Å². The zero-order valence-corrected chi connectivity index (χ0v) is 10.1. The Morgan fingerprint density at radius 1 is 1.32 bits per heavy atom. The summed E-state index contributed by atoms with van der Waals surface area (Å²) in [7, 11) is 0. The summed E-state index contributed by atoms with van der Waals surface area (Å²) in [6.07, 6.45) is 3.44. The Kier molecular flexibility index (Phi) is 2.71. The first-order valence-corrected chi connectivity index (χ1v) is 6.07. The predicted octanol–water partition coefficient (Wildman–Crippen LogP) is 2.11. The van der Waals surface area contributed by atoms with Crippen molar-refractivity contribution in [2.75, 3.05) is 0 Å². The number of ketones is 1. The van der Waals surface area contributed by atoms with Crippen LogP contribution in [0.5, 0.6) is 5.75 Å². The van der Waals surface area contributed by atoms with Crippen LogP contribution in [0.15, 0.2) is 47.7 Å². The van der Waals surface area contributed by atoms with Crippen LogP contribution >= 0.6 is 0 Å². The highest BCUT2D eigenvalue weighted by molar-refractivity contribution is 5.96. The van der Waals surface area contributed by atoms with Crippen LogP contribution in [0.25, 0.3) is 0 Å². The van der Waals surface area contributed by atoms with Crippen LogP contribution in [-0.4, -0.2) is 16.9 Å². The number of para-hydroxylation sites is 1. The van der Waals surface area contributed by atoms with Gasteiger partial charge in [0.05, 0.1) is 12.3 Å². The third-order valence-corrected chi connectivity index (χ3v) is 3.38. The molecule has 2 aliphatic rings. The molecule has 0 spiro atoms. The van der Waals surface area contributed by atoms with Crippen molar-refractivity contribution in [3.05, 3.63) is 53.3 Å². The molecule has 0 saturated carbocycles. The monoisotopic (exact) mass is 256 g/mol. The van der Waals surface area contributed by atoms with Crippen LogP contribution < -0.4 is 4.74 Å². The van der Waals surface area contributed by atoms with Crippen molar-refractivity contribution in [2.45, 2.75) is 12.8 Å². The number of ether oxygens (including phenoxy) is 1. The molecular weight excluding hydrogens is 244 g/mol. The minimum Gasteiger partial charge on any atom is -0.481 e. The van der Waals surface area contributed by atoms with E-state index in [0.29, 0.717) is 23.5 Å². The second-order valence-corrected chi connectivity index (χ2v) is 4.66. The average molecular weight is 256 g/mol. The van der Waals surface area contributed by atoms with Crippen molar-refractivity contribution < 1.29 is 19.4 Å². The summed E-state index contributed by atoms with van der Waals surface area (Å²) in [5, 5.41) is 8.91. The van der Waals surface area contributed by atoms with Gasteiger partial charge in [0.1, 0.15) is 11.5 Å². The highest BCUT2D eigenvalue weighted by Crippen LogP contribution is 2.37. The van der Waals surface area contributed by atoms with Crippen LogP contribution in [0.2, 0.25) is 0 Å². The maximum Gasteiger partial charge on any atom is 0.307 e. The first kappa shape index (κ1) is 11.7. The third kappa shape index (κ3) is 2.05. The van der Waals surface area contributed by atoms with E-state index in [1.165, 1.54) is 6.08 Å². The average Bonchev–Trinajstić information content (AvgIpc) is 2.40. The predicted molar refractivity (Wildman–Crippen MR) is 67.7 cm³/mol. The summed E-state index contributed by atoms with van der Waals surface area (Å²) in [4.78, 5) is 22.8. The molecule has 0 aromatic heterocycles. The van der Waals surface area contributed by atoms with Gasteiger partial charge in [-0.2, -0.15) is 0 Å². The molecule has 1 aliphatic heterocycles. The summed E-state index contributed by atoms with van der Waals surface area (Å²) in [6.45, 7) is 0. The fraction of sp³-hybridized carbons (Fsp3) is 0.200. The molecule has 0 amide bonds. The topological polar surface area (TPSA) is 63.6 Å². The van der Waals surface area contributed by atoms with Gasteiger partial charge in [-0.15, -0.1) is 0 Å². The Balaban J connectivity index is 2.05. The molecular formula is C15H12O4. The van der Waals surface area contributed by atoms with Crippen molar-refractivity contribution >= 4 is 11.8 Å². The van der Waals surface area contributed by atoms with Gasteiger partial charge in [0.25, 0.3) is 0 Å². The van der Waals surface area contributed by atoms with Crippen LogP contribution in [0, 0.1) is 5.92 Å². The summed E-state index contributed by atoms with van der Waals surface area (Å²) < 4.78 is 5.76. The smallest absolute Gasteiger partial charge is 0.307 e. The first-order valence-electron chi connectivity index (χ1n) is 6.07. The molecule has 0 bridgehead atoms. The van der Waals surface area contributed by atoms with Gasteiger partial charge >= 0.3 is 5.97 Å². The zero-order valence-electron chi connectivity index (χ0n) is 10.1. The second-order valence-electron chi connectivity index (χ2n) is 4.66. The molecule has 1 heterocycles. The van der Waals surface area contributed by atoms with Gasteiger partial charge in [0.2, 0.25) is 0 Å². The SMILES string of the molecule is O=C(O)CC1=C2Oc3ccccc3CC2C(=O)C=C1. The lowest BCUT2D eigenvalue weighted by Crippen LogP contribution is -2.29. The van der Waals surface area contributed by atoms with E-state index in [9.17, 15) is 9.59 Å².